The van der Waals surface area contributed by atoms with Crippen LogP contribution in [0.3, 0.4) is 0 Å². The number of fused-ring (bicyclic) bond motifs is 1. The Labute approximate surface area is 90.9 Å². The van der Waals surface area contributed by atoms with Crippen LogP contribution < -0.4 is 5.32 Å². The van der Waals surface area contributed by atoms with Gasteiger partial charge in [0.15, 0.2) is 0 Å². The summed E-state index contributed by atoms with van der Waals surface area (Å²) in [6.45, 7) is 2.82. The Morgan fingerprint density at radius 2 is 2.31 bits per heavy atom. The lowest BCUT2D eigenvalue weighted by Gasteiger charge is -2.04. The van der Waals surface area contributed by atoms with Crippen molar-refractivity contribution in [2.24, 2.45) is 0 Å². The van der Waals surface area contributed by atoms with Gasteiger partial charge in [-0.2, -0.15) is 0 Å². The molecule has 1 aromatic carbocycles. The van der Waals surface area contributed by atoms with Crippen LogP contribution in [-0.2, 0) is 13.0 Å². The summed E-state index contributed by atoms with van der Waals surface area (Å²) in [6, 6.07) is 4.13. The molecule has 0 atom stereocenters. The summed E-state index contributed by atoms with van der Waals surface area (Å²) in [5.74, 6) is 0.0784. The van der Waals surface area contributed by atoms with Crippen molar-refractivity contribution in [3.8, 4) is 0 Å². The Morgan fingerprint density at radius 3 is 3.00 bits per heavy atom. The second-order valence-corrected chi connectivity index (χ2v) is 4.26. The lowest BCUT2D eigenvalue weighted by molar-refractivity contribution is 0.0965. The first-order valence-electron chi connectivity index (χ1n) is 4.32. The van der Waals surface area contributed by atoms with E-state index in [9.17, 15) is 4.79 Å². The Bertz CT molecular complexity index is 373. The summed E-state index contributed by atoms with van der Waals surface area (Å²) in [4.78, 5) is 11.4. The zero-order chi connectivity index (χ0) is 9.42. The van der Waals surface area contributed by atoms with E-state index in [0.717, 1.165) is 15.6 Å². The zero-order valence-electron chi connectivity index (χ0n) is 7.36. The third kappa shape index (κ3) is 1.35. The van der Waals surface area contributed by atoms with Gasteiger partial charge in [-0.3, -0.25) is 4.79 Å². The van der Waals surface area contributed by atoms with Crippen LogP contribution in [0.15, 0.2) is 12.1 Å². The largest absolute Gasteiger partial charge is 0.348 e. The van der Waals surface area contributed by atoms with Gasteiger partial charge in [-0.05, 0) is 46.2 Å². The molecular formula is C10H10INO. The number of carbonyl (C=O) groups is 1. The van der Waals surface area contributed by atoms with E-state index in [-0.39, 0.29) is 5.91 Å². The van der Waals surface area contributed by atoms with Gasteiger partial charge in [0, 0.05) is 10.1 Å². The zero-order valence-corrected chi connectivity index (χ0v) is 9.51. The number of amides is 1. The molecule has 3 heteroatoms. The van der Waals surface area contributed by atoms with Crippen LogP contribution in [0.2, 0.25) is 0 Å². The maximum Gasteiger partial charge on any atom is 0.252 e. The predicted octanol–water partition coefficient (Wildman–Crippen LogP) is 2.10. The molecular weight excluding hydrogens is 277 g/mol. The Hall–Kier alpha value is -0.580. The molecule has 1 amide bonds. The van der Waals surface area contributed by atoms with Gasteiger partial charge in [-0.15, -0.1) is 0 Å². The van der Waals surface area contributed by atoms with E-state index in [4.69, 9.17) is 0 Å². The highest BCUT2D eigenvalue weighted by molar-refractivity contribution is 14.1. The van der Waals surface area contributed by atoms with Crippen molar-refractivity contribution < 1.29 is 4.79 Å². The van der Waals surface area contributed by atoms with Crippen LogP contribution in [-0.4, -0.2) is 5.91 Å². The number of benzene rings is 1. The molecule has 0 saturated heterocycles. The molecule has 0 fully saturated rings. The first-order valence-corrected chi connectivity index (χ1v) is 5.40. The van der Waals surface area contributed by atoms with Crippen LogP contribution in [0, 0.1) is 3.57 Å². The third-order valence-electron chi connectivity index (χ3n) is 2.39. The van der Waals surface area contributed by atoms with Crippen molar-refractivity contribution in [3.63, 3.8) is 0 Å². The van der Waals surface area contributed by atoms with E-state index in [1.807, 2.05) is 6.07 Å². The number of nitrogens with one attached hydrogen (secondary N) is 1. The van der Waals surface area contributed by atoms with E-state index >= 15 is 0 Å². The van der Waals surface area contributed by atoms with Gasteiger partial charge in [-0.25, -0.2) is 0 Å². The molecule has 1 heterocycles. The molecule has 0 aromatic heterocycles. The molecule has 1 aliphatic rings. The van der Waals surface area contributed by atoms with Crippen LogP contribution in [0.5, 0.6) is 0 Å². The van der Waals surface area contributed by atoms with Gasteiger partial charge in [-0.1, -0.05) is 13.0 Å². The van der Waals surface area contributed by atoms with Gasteiger partial charge in [0.1, 0.15) is 0 Å². The standard InChI is InChI=1S/C10H10INO/c1-2-6-3-4-8(11)9-7(6)5-12-10(9)13/h3-4H,2,5H2,1H3,(H,12,13). The minimum Gasteiger partial charge on any atom is -0.348 e. The van der Waals surface area contributed by atoms with Gasteiger partial charge < -0.3 is 5.32 Å². The molecule has 1 aromatic rings. The quantitative estimate of drug-likeness (QED) is 0.787. The molecule has 0 bridgehead atoms. The molecule has 1 N–H and O–H groups in total. The van der Waals surface area contributed by atoms with Gasteiger partial charge in [0.25, 0.3) is 5.91 Å². The number of hydrogen-bond donors (Lipinski definition) is 1. The maximum absolute atomic E-state index is 11.4. The van der Waals surface area contributed by atoms with Gasteiger partial charge in [0.05, 0.1) is 5.56 Å². The molecule has 68 valence electrons. The predicted molar refractivity (Wildman–Crippen MR) is 59.7 cm³/mol. The van der Waals surface area contributed by atoms with Crippen LogP contribution in [0.4, 0.5) is 0 Å². The van der Waals surface area contributed by atoms with Crippen molar-refractivity contribution in [2.75, 3.05) is 0 Å². The molecule has 2 nitrogen and oxygen atoms in total. The average Bonchev–Trinajstić information content (AvgIpc) is 2.50. The fraction of sp³-hybridized carbons (Fsp3) is 0.300. The van der Waals surface area contributed by atoms with E-state index < -0.39 is 0 Å². The maximum atomic E-state index is 11.4. The number of hydrogen-bond acceptors (Lipinski definition) is 1. The summed E-state index contributed by atoms with van der Waals surface area (Å²) in [5, 5.41) is 2.86. The normalized spacial score (nSPS) is 14.2. The number of carbonyl (C=O) groups excluding carboxylic acids is 1. The van der Waals surface area contributed by atoms with Crippen molar-refractivity contribution >= 4 is 28.5 Å². The Morgan fingerprint density at radius 1 is 1.54 bits per heavy atom. The molecule has 13 heavy (non-hydrogen) atoms. The minimum absolute atomic E-state index is 0.0784. The minimum atomic E-state index is 0.0784. The molecule has 0 saturated carbocycles. The topological polar surface area (TPSA) is 29.1 Å². The van der Waals surface area contributed by atoms with E-state index in [0.29, 0.717) is 6.54 Å². The summed E-state index contributed by atoms with van der Waals surface area (Å²) in [5.41, 5.74) is 3.37. The molecule has 0 spiro atoms. The molecule has 1 aliphatic heterocycles. The van der Waals surface area contributed by atoms with Crippen LogP contribution >= 0.6 is 22.6 Å². The van der Waals surface area contributed by atoms with Crippen LogP contribution in [0.25, 0.3) is 0 Å². The fourth-order valence-corrected chi connectivity index (χ4v) is 2.45. The van der Waals surface area contributed by atoms with Gasteiger partial charge >= 0.3 is 0 Å². The highest BCUT2D eigenvalue weighted by atomic mass is 127. The van der Waals surface area contributed by atoms with Gasteiger partial charge in [0.2, 0.25) is 0 Å². The summed E-state index contributed by atoms with van der Waals surface area (Å²) in [6.07, 6.45) is 0.994. The molecule has 0 aliphatic carbocycles. The first kappa shape index (κ1) is 8.99. The summed E-state index contributed by atoms with van der Waals surface area (Å²) >= 11 is 2.21. The second kappa shape index (κ2) is 3.29. The van der Waals surface area contributed by atoms with E-state index in [1.165, 1.54) is 11.1 Å². The first-order chi connectivity index (χ1) is 6.24. The fourth-order valence-electron chi connectivity index (χ4n) is 1.70. The molecule has 2 rings (SSSR count). The molecule has 0 unspecified atom stereocenters. The van der Waals surface area contributed by atoms with Crippen molar-refractivity contribution in [1.29, 1.82) is 0 Å². The lowest BCUT2D eigenvalue weighted by Crippen LogP contribution is -2.13. The van der Waals surface area contributed by atoms with Crippen molar-refractivity contribution in [1.82, 2.24) is 5.32 Å². The highest BCUT2D eigenvalue weighted by Gasteiger charge is 2.23. The molecule has 0 radical (unpaired) electrons. The SMILES string of the molecule is CCc1ccc(I)c2c1CNC2=O. The van der Waals surface area contributed by atoms with E-state index in [1.54, 1.807) is 0 Å². The monoisotopic (exact) mass is 287 g/mol. The van der Waals surface area contributed by atoms with Crippen molar-refractivity contribution in [3.05, 3.63) is 32.4 Å². The number of halogens is 1. The average molecular weight is 287 g/mol. The smallest absolute Gasteiger partial charge is 0.252 e. The van der Waals surface area contributed by atoms with Crippen molar-refractivity contribution in [2.45, 2.75) is 19.9 Å². The Kier molecular flexibility index (Phi) is 2.27. The van der Waals surface area contributed by atoms with E-state index in [2.05, 4.69) is 40.9 Å². The highest BCUT2D eigenvalue weighted by Crippen LogP contribution is 2.25. The third-order valence-corrected chi connectivity index (χ3v) is 3.29. The lowest BCUT2D eigenvalue weighted by atomic mass is 10.0. The van der Waals surface area contributed by atoms with Crippen LogP contribution in [0.1, 0.15) is 28.4 Å². The summed E-state index contributed by atoms with van der Waals surface area (Å²) in [7, 11) is 0. The number of aryl methyl sites for hydroxylation is 1. The number of rotatable bonds is 1. The Balaban J connectivity index is 2.65. The second-order valence-electron chi connectivity index (χ2n) is 3.10. The summed E-state index contributed by atoms with van der Waals surface area (Å²) < 4.78 is 1.06.